The van der Waals surface area contributed by atoms with Crippen LogP contribution >= 0.6 is 0 Å². The van der Waals surface area contributed by atoms with E-state index in [-0.39, 0.29) is 0 Å². The summed E-state index contributed by atoms with van der Waals surface area (Å²) in [7, 11) is 5.67. The van der Waals surface area contributed by atoms with Gasteiger partial charge in [0, 0.05) is 11.3 Å². The minimum absolute atomic E-state index is 0.313. The smallest absolute Gasteiger partial charge is 0.337 e. The highest BCUT2D eigenvalue weighted by Crippen LogP contribution is 2.38. The number of hydrogen-bond acceptors (Lipinski definition) is 8. The summed E-state index contributed by atoms with van der Waals surface area (Å²) in [6.45, 7) is 0. The van der Waals surface area contributed by atoms with E-state index in [1.807, 2.05) is 0 Å². The van der Waals surface area contributed by atoms with Crippen LogP contribution in [0.15, 0.2) is 41.5 Å². The average Bonchev–Trinajstić information content (AvgIpc) is 2.78. The number of carbonyl (C=O) groups is 3. The van der Waals surface area contributed by atoms with Crippen LogP contribution in [-0.4, -0.2) is 52.4 Å². The molecule has 0 radical (unpaired) electrons. The third-order valence-corrected chi connectivity index (χ3v) is 3.87. The largest absolute Gasteiger partial charge is 0.493 e. The fourth-order valence-electron chi connectivity index (χ4n) is 2.43. The van der Waals surface area contributed by atoms with Gasteiger partial charge < -0.3 is 24.3 Å². The lowest BCUT2D eigenvalue weighted by molar-refractivity contribution is -0.136. The summed E-state index contributed by atoms with van der Waals surface area (Å²) < 4.78 is 20.4. The Hall–Kier alpha value is -4.08. The van der Waals surface area contributed by atoms with E-state index in [9.17, 15) is 14.4 Å². The van der Waals surface area contributed by atoms with Crippen LogP contribution in [0.2, 0.25) is 0 Å². The van der Waals surface area contributed by atoms with Crippen molar-refractivity contribution >= 4 is 29.7 Å². The molecule has 0 aliphatic carbocycles. The molecule has 2 aromatic carbocycles. The molecule has 2 amide bonds. The number of hydrogen-bond donors (Lipinski definition) is 2. The highest BCUT2D eigenvalue weighted by atomic mass is 16.5. The Morgan fingerprint density at radius 2 is 1.50 bits per heavy atom. The van der Waals surface area contributed by atoms with Gasteiger partial charge in [-0.2, -0.15) is 5.10 Å². The summed E-state index contributed by atoms with van der Waals surface area (Å²) >= 11 is 0. The minimum atomic E-state index is -0.984. The number of nitrogens with zero attached hydrogens (tertiary/aromatic N) is 1. The summed E-state index contributed by atoms with van der Waals surface area (Å²) in [5.74, 6) is -1.24. The number of esters is 1. The molecule has 0 saturated carbocycles. The van der Waals surface area contributed by atoms with Crippen molar-refractivity contribution in [3.63, 3.8) is 0 Å². The highest BCUT2D eigenvalue weighted by molar-refractivity contribution is 6.39. The molecule has 0 heterocycles. The Morgan fingerprint density at radius 1 is 0.833 bits per heavy atom. The zero-order valence-corrected chi connectivity index (χ0v) is 16.8. The summed E-state index contributed by atoms with van der Waals surface area (Å²) in [5.41, 5.74) is 3.26. The number of benzene rings is 2. The summed E-state index contributed by atoms with van der Waals surface area (Å²) in [6, 6.07) is 9.15. The van der Waals surface area contributed by atoms with E-state index < -0.39 is 17.8 Å². The fraction of sp³-hybridized carbons (Fsp3) is 0.200. The predicted octanol–water partition coefficient (Wildman–Crippen LogP) is 1.59. The first-order valence-corrected chi connectivity index (χ1v) is 8.56. The Morgan fingerprint density at radius 3 is 2.07 bits per heavy atom. The predicted molar refractivity (Wildman–Crippen MR) is 108 cm³/mol. The second-order valence-corrected chi connectivity index (χ2v) is 5.65. The SMILES string of the molecule is COC(=O)c1ccc(NC(=O)C(=O)N/N=C/c2ccc(OC)c(OC)c2OC)cc1. The molecule has 10 heteroatoms. The van der Waals surface area contributed by atoms with Crippen LogP contribution in [0.5, 0.6) is 17.2 Å². The Labute approximate surface area is 172 Å². The molecule has 0 unspecified atom stereocenters. The zero-order chi connectivity index (χ0) is 22.1. The highest BCUT2D eigenvalue weighted by Gasteiger charge is 2.16. The first-order chi connectivity index (χ1) is 14.4. The van der Waals surface area contributed by atoms with Gasteiger partial charge in [-0.25, -0.2) is 10.2 Å². The van der Waals surface area contributed by atoms with Gasteiger partial charge in [-0.05, 0) is 36.4 Å². The van der Waals surface area contributed by atoms with Crippen molar-refractivity contribution in [1.82, 2.24) is 5.43 Å². The van der Waals surface area contributed by atoms with Crippen LogP contribution in [0.25, 0.3) is 0 Å². The number of amides is 2. The number of rotatable bonds is 7. The second-order valence-electron chi connectivity index (χ2n) is 5.65. The molecule has 2 N–H and O–H groups in total. The molecular formula is C20H21N3O7. The van der Waals surface area contributed by atoms with E-state index in [1.54, 1.807) is 12.1 Å². The van der Waals surface area contributed by atoms with Crippen molar-refractivity contribution in [3.8, 4) is 17.2 Å². The van der Waals surface area contributed by atoms with Crippen molar-refractivity contribution in [2.75, 3.05) is 33.8 Å². The quantitative estimate of drug-likeness (QED) is 0.304. The molecule has 0 bridgehead atoms. The maximum Gasteiger partial charge on any atom is 0.337 e. The lowest BCUT2D eigenvalue weighted by Gasteiger charge is -2.13. The summed E-state index contributed by atoms with van der Waals surface area (Å²) in [5, 5.41) is 6.16. The van der Waals surface area contributed by atoms with E-state index in [0.29, 0.717) is 34.1 Å². The zero-order valence-electron chi connectivity index (χ0n) is 16.8. The standard InChI is InChI=1S/C20H21N3O7/c1-27-15-10-7-13(16(28-2)17(15)29-3)11-21-23-19(25)18(24)22-14-8-5-12(6-9-14)20(26)30-4/h5-11H,1-4H3,(H,22,24)(H,23,25)/b21-11+. The molecule has 10 nitrogen and oxygen atoms in total. The number of nitrogens with one attached hydrogen (secondary N) is 2. The number of ether oxygens (including phenoxy) is 4. The van der Waals surface area contributed by atoms with Gasteiger partial charge in [0.15, 0.2) is 11.5 Å². The van der Waals surface area contributed by atoms with Crippen molar-refractivity contribution in [2.24, 2.45) is 5.10 Å². The molecule has 0 aliphatic heterocycles. The molecule has 0 spiro atoms. The average molecular weight is 415 g/mol. The van der Waals surface area contributed by atoms with E-state index in [0.717, 1.165) is 0 Å². The molecule has 0 saturated heterocycles. The van der Waals surface area contributed by atoms with E-state index in [1.165, 1.54) is 58.9 Å². The van der Waals surface area contributed by atoms with Crippen molar-refractivity contribution in [2.45, 2.75) is 0 Å². The summed E-state index contributed by atoms with van der Waals surface area (Å²) in [6.07, 6.45) is 1.30. The maximum atomic E-state index is 12.0. The van der Waals surface area contributed by atoms with Crippen LogP contribution < -0.4 is 25.0 Å². The van der Waals surface area contributed by atoms with Gasteiger partial charge in [-0.3, -0.25) is 9.59 Å². The van der Waals surface area contributed by atoms with Crippen LogP contribution in [-0.2, 0) is 14.3 Å². The van der Waals surface area contributed by atoms with Gasteiger partial charge in [0.05, 0.1) is 40.2 Å². The Bertz CT molecular complexity index is 956. The van der Waals surface area contributed by atoms with Crippen LogP contribution in [0, 0.1) is 0 Å². The normalized spacial score (nSPS) is 10.3. The van der Waals surface area contributed by atoms with Crippen molar-refractivity contribution in [1.29, 1.82) is 0 Å². The molecule has 0 aliphatic rings. The molecular weight excluding hydrogens is 394 g/mol. The molecule has 2 rings (SSSR count). The van der Waals surface area contributed by atoms with Gasteiger partial charge in [0.2, 0.25) is 5.75 Å². The molecule has 2 aromatic rings. The van der Waals surface area contributed by atoms with E-state index >= 15 is 0 Å². The van der Waals surface area contributed by atoms with Crippen molar-refractivity contribution in [3.05, 3.63) is 47.5 Å². The van der Waals surface area contributed by atoms with E-state index in [4.69, 9.17) is 14.2 Å². The first kappa shape index (κ1) is 22.2. The third kappa shape index (κ3) is 5.25. The van der Waals surface area contributed by atoms with E-state index in [2.05, 4.69) is 20.6 Å². The Balaban J connectivity index is 2.02. The number of methoxy groups -OCH3 is 4. The summed E-state index contributed by atoms with van der Waals surface area (Å²) in [4.78, 5) is 35.3. The monoisotopic (exact) mass is 415 g/mol. The second kappa shape index (κ2) is 10.5. The number of anilines is 1. The minimum Gasteiger partial charge on any atom is -0.493 e. The number of hydrazone groups is 1. The van der Waals surface area contributed by atoms with Gasteiger partial charge >= 0.3 is 17.8 Å². The number of carbonyl (C=O) groups excluding carboxylic acids is 3. The Kier molecular flexibility index (Phi) is 7.74. The van der Waals surface area contributed by atoms with Gasteiger partial charge in [0.1, 0.15) is 0 Å². The lowest BCUT2D eigenvalue weighted by Crippen LogP contribution is -2.32. The van der Waals surface area contributed by atoms with Crippen molar-refractivity contribution < 1.29 is 33.3 Å². The van der Waals surface area contributed by atoms with Gasteiger partial charge in [-0.15, -0.1) is 0 Å². The molecule has 0 atom stereocenters. The van der Waals surface area contributed by atoms with Crippen LogP contribution in [0.4, 0.5) is 5.69 Å². The van der Waals surface area contributed by atoms with Gasteiger partial charge in [-0.1, -0.05) is 0 Å². The van der Waals surface area contributed by atoms with Crippen LogP contribution in [0.1, 0.15) is 15.9 Å². The molecule has 30 heavy (non-hydrogen) atoms. The maximum absolute atomic E-state index is 12.0. The topological polar surface area (TPSA) is 125 Å². The molecule has 0 aromatic heterocycles. The molecule has 158 valence electrons. The molecule has 0 fully saturated rings. The first-order valence-electron chi connectivity index (χ1n) is 8.56. The lowest BCUT2D eigenvalue weighted by atomic mass is 10.2. The third-order valence-electron chi connectivity index (χ3n) is 3.87. The van der Waals surface area contributed by atoms with Crippen LogP contribution in [0.3, 0.4) is 0 Å². The van der Waals surface area contributed by atoms with Gasteiger partial charge in [0.25, 0.3) is 0 Å². The fourth-order valence-corrected chi connectivity index (χ4v) is 2.43.